The van der Waals surface area contributed by atoms with Crippen molar-refractivity contribution >= 4 is 11.9 Å². The molecule has 0 saturated carbocycles. The van der Waals surface area contributed by atoms with Crippen LogP contribution in [0.4, 0.5) is 0 Å². The van der Waals surface area contributed by atoms with E-state index in [1.807, 2.05) is 0 Å². The zero-order valence-corrected chi connectivity index (χ0v) is 10.2. The molecule has 4 heteroatoms. The van der Waals surface area contributed by atoms with E-state index in [1.165, 1.54) is 7.11 Å². The molecule has 1 rings (SSSR count). The second kappa shape index (κ2) is 4.99. The standard InChI is InChI=1S/C13H16O4/c1-13(2,12(15)16)8-9-6-4-5-7-10(9)11(14)17-3/h4-7H,8H2,1-3H3,(H,15,16). The zero-order valence-electron chi connectivity index (χ0n) is 10.2. The van der Waals surface area contributed by atoms with E-state index in [1.54, 1.807) is 38.1 Å². The summed E-state index contributed by atoms with van der Waals surface area (Å²) < 4.78 is 4.67. The number of esters is 1. The van der Waals surface area contributed by atoms with Crippen LogP contribution in [0.25, 0.3) is 0 Å². The summed E-state index contributed by atoms with van der Waals surface area (Å²) in [6, 6.07) is 6.89. The van der Waals surface area contributed by atoms with Gasteiger partial charge in [0.2, 0.25) is 0 Å². The van der Waals surface area contributed by atoms with Gasteiger partial charge >= 0.3 is 11.9 Å². The smallest absolute Gasteiger partial charge is 0.338 e. The Morgan fingerprint density at radius 1 is 1.29 bits per heavy atom. The van der Waals surface area contributed by atoms with Gasteiger partial charge in [0.05, 0.1) is 18.1 Å². The molecular weight excluding hydrogens is 220 g/mol. The van der Waals surface area contributed by atoms with Gasteiger partial charge in [0.15, 0.2) is 0 Å². The van der Waals surface area contributed by atoms with Crippen LogP contribution in [0.3, 0.4) is 0 Å². The molecule has 0 unspecified atom stereocenters. The van der Waals surface area contributed by atoms with Gasteiger partial charge in [0.25, 0.3) is 0 Å². The number of ether oxygens (including phenoxy) is 1. The number of aliphatic carboxylic acids is 1. The molecule has 0 aliphatic heterocycles. The molecule has 0 aliphatic rings. The van der Waals surface area contributed by atoms with Gasteiger partial charge in [-0.25, -0.2) is 4.79 Å². The fourth-order valence-electron chi connectivity index (χ4n) is 1.54. The van der Waals surface area contributed by atoms with Crippen molar-refractivity contribution in [2.24, 2.45) is 5.41 Å². The molecule has 0 aromatic heterocycles. The number of benzene rings is 1. The van der Waals surface area contributed by atoms with Crippen molar-refractivity contribution in [3.63, 3.8) is 0 Å². The summed E-state index contributed by atoms with van der Waals surface area (Å²) in [4.78, 5) is 22.6. The predicted octanol–water partition coefficient (Wildman–Crippen LogP) is 2.13. The van der Waals surface area contributed by atoms with Crippen LogP contribution in [-0.4, -0.2) is 24.2 Å². The summed E-state index contributed by atoms with van der Waals surface area (Å²) in [5.74, 6) is -1.33. The highest BCUT2D eigenvalue weighted by Crippen LogP contribution is 2.24. The molecule has 0 saturated heterocycles. The molecule has 0 fully saturated rings. The van der Waals surface area contributed by atoms with Gasteiger partial charge in [-0.05, 0) is 31.9 Å². The van der Waals surface area contributed by atoms with Gasteiger partial charge in [-0.2, -0.15) is 0 Å². The Balaban J connectivity index is 3.07. The monoisotopic (exact) mass is 236 g/mol. The van der Waals surface area contributed by atoms with Crippen LogP contribution in [0.15, 0.2) is 24.3 Å². The lowest BCUT2D eigenvalue weighted by molar-refractivity contribution is -0.146. The molecule has 0 heterocycles. The molecule has 0 aliphatic carbocycles. The number of carboxylic acid groups (broad SMARTS) is 1. The quantitative estimate of drug-likeness (QED) is 0.813. The predicted molar refractivity (Wildman–Crippen MR) is 62.9 cm³/mol. The van der Waals surface area contributed by atoms with Crippen molar-refractivity contribution in [3.8, 4) is 0 Å². The second-order valence-electron chi connectivity index (χ2n) is 4.51. The Hall–Kier alpha value is -1.84. The van der Waals surface area contributed by atoms with Crippen LogP contribution in [0.1, 0.15) is 29.8 Å². The summed E-state index contributed by atoms with van der Waals surface area (Å²) in [6.45, 7) is 3.26. The van der Waals surface area contributed by atoms with Gasteiger partial charge in [-0.3, -0.25) is 4.79 Å². The van der Waals surface area contributed by atoms with Crippen molar-refractivity contribution in [3.05, 3.63) is 35.4 Å². The topological polar surface area (TPSA) is 63.6 Å². The highest BCUT2D eigenvalue weighted by molar-refractivity contribution is 5.91. The van der Waals surface area contributed by atoms with Crippen LogP contribution >= 0.6 is 0 Å². The van der Waals surface area contributed by atoms with Crippen LogP contribution in [0.5, 0.6) is 0 Å². The van der Waals surface area contributed by atoms with Crippen LogP contribution in [0, 0.1) is 5.41 Å². The summed E-state index contributed by atoms with van der Waals surface area (Å²) in [5.41, 5.74) is 0.195. The van der Waals surface area contributed by atoms with Crippen molar-refractivity contribution in [1.82, 2.24) is 0 Å². The van der Waals surface area contributed by atoms with Crippen molar-refractivity contribution in [2.75, 3.05) is 7.11 Å². The molecule has 1 aromatic carbocycles. The van der Waals surface area contributed by atoms with Crippen LogP contribution in [-0.2, 0) is 16.0 Å². The number of carbonyl (C=O) groups excluding carboxylic acids is 1. The van der Waals surface area contributed by atoms with Crippen LogP contribution in [0.2, 0.25) is 0 Å². The lowest BCUT2D eigenvalue weighted by atomic mass is 9.84. The van der Waals surface area contributed by atoms with E-state index in [9.17, 15) is 9.59 Å². The number of carboxylic acids is 1. The molecule has 0 amide bonds. The van der Waals surface area contributed by atoms with Gasteiger partial charge in [-0.15, -0.1) is 0 Å². The summed E-state index contributed by atoms with van der Waals surface area (Å²) >= 11 is 0. The summed E-state index contributed by atoms with van der Waals surface area (Å²) in [7, 11) is 1.31. The molecule has 0 atom stereocenters. The fourth-order valence-corrected chi connectivity index (χ4v) is 1.54. The first kappa shape index (κ1) is 13.2. The van der Waals surface area contributed by atoms with E-state index in [0.29, 0.717) is 11.1 Å². The van der Waals surface area contributed by atoms with Crippen molar-refractivity contribution in [2.45, 2.75) is 20.3 Å². The normalized spacial score (nSPS) is 11.0. The minimum Gasteiger partial charge on any atom is -0.481 e. The molecule has 92 valence electrons. The third-order valence-electron chi connectivity index (χ3n) is 2.63. The van der Waals surface area contributed by atoms with Gasteiger partial charge in [0, 0.05) is 0 Å². The van der Waals surface area contributed by atoms with Crippen molar-refractivity contribution in [1.29, 1.82) is 0 Å². The average Bonchev–Trinajstić information content (AvgIpc) is 2.28. The van der Waals surface area contributed by atoms with E-state index in [0.717, 1.165) is 0 Å². The summed E-state index contributed by atoms with van der Waals surface area (Å²) in [6.07, 6.45) is 0.285. The van der Waals surface area contributed by atoms with Gasteiger partial charge in [-0.1, -0.05) is 18.2 Å². The van der Waals surface area contributed by atoms with Crippen LogP contribution < -0.4 is 0 Å². The zero-order chi connectivity index (χ0) is 13.1. The number of hydrogen-bond donors (Lipinski definition) is 1. The molecule has 0 radical (unpaired) electrons. The highest BCUT2D eigenvalue weighted by atomic mass is 16.5. The van der Waals surface area contributed by atoms with Gasteiger partial charge in [0.1, 0.15) is 0 Å². The van der Waals surface area contributed by atoms with E-state index in [4.69, 9.17) is 5.11 Å². The average molecular weight is 236 g/mol. The Morgan fingerprint density at radius 2 is 1.88 bits per heavy atom. The number of carbonyl (C=O) groups is 2. The lowest BCUT2D eigenvalue weighted by Crippen LogP contribution is -2.27. The Labute approximate surface area is 100 Å². The molecule has 1 aromatic rings. The maximum Gasteiger partial charge on any atom is 0.338 e. The summed E-state index contributed by atoms with van der Waals surface area (Å²) in [5, 5.41) is 9.07. The number of rotatable bonds is 4. The van der Waals surface area contributed by atoms with E-state index >= 15 is 0 Å². The largest absolute Gasteiger partial charge is 0.481 e. The Morgan fingerprint density at radius 3 is 2.41 bits per heavy atom. The SMILES string of the molecule is COC(=O)c1ccccc1CC(C)(C)C(=O)O. The van der Waals surface area contributed by atoms with E-state index in [2.05, 4.69) is 4.74 Å². The molecular formula is C13H16O4. The Bertz CT molecular complexity index is 435. The maximum absolute atomic E-state index is 11.5. The highest BCUT2D eigenvalue weighted by Gasteiger charge is 2.29. The number of methoxy groups -OCH3 is 1. The molecule has 0 spiro atoms. The van der Waals surface area contributed by atoms with Crippen molar-refractivity contribution < 1.29 is 19.4 Å². The lowest BCUT2D eigenvalue weighted by Gasteiger charge is -2.20. The molecule has 17 heavy (non-hydrogen) atoms. The fraction of sp³-hybridized carbons (Fsp3) is 0.385. The first-order chi connectivity index (χ1) is 7.88. The number of hydrogen-bond acceptors (Lipinski definition) is 3. The van der Waals surface area contributed by atoms with E-state index in [-0.39, 0.29) is 6.42 Å². The third-order valence-corrected chi connectivity index (χ3v) is 2.63. The third kappa shape index (κ3) is 3.06. The first-order valence-corrected chi connectivity index (χ1v) is 5.28. The molecule has 4 nitrogen and oxygen atoms in total. The molecule has 1 N–H and O–H groups in total. The second-order valence-corrected chi connectivity index (χ2v) is 4.51. The van der Waals surface area contributed by atoms with E-state index < -0.39 is 17.4 Å². The maximum atomic E-state index is 11.5. The first-order valence-electron chi connectivity index (χ1n) is 5.28. The Kier molecular flexibility index (Phi) is 3.89. The minimum absolute atomic E-state index is 0.285. The van der Waals surface area contributed by atoms with Gasteiger partial charge < -0.3 is 9.84 Å². The minimum atomic E-state index is -0.913. The molecule has 0 bridgehead atoms.